The lowest BCUT2D eigenvalue weighted by atomic mass is 10.2. The van der Waals surface area contributed by atoms with Crippen LogP contribution in [-0.2, 0) is 4.74 Å². The second-order valence-electron chi connectivity index (χ2n) is 6.09. The number of rotatable bonds is 6. The summed E-state index contributed by atoms with van der Waals surface area (Å²) in [5.41, 5.74) is 7.03. The molecule has 3 rings (SSSR count). The van der Waals surface area contributed by atoms with Crippen LogP contribution in [0, 0.1) is 0 Å². The van der Waals surface area contributed by atoms with Crippen molar-refractivity contribution in [2.75, 3.05) is 57.1 Å². The molecule has 0 radical (unpaired) electrons. The van der Waals surface area contributed by atoms with Gasteiger partial charge in [0.25, 0.3) is 0 Å². The molecule has 0 atom stereocenters. The van der Waals surface area contributed by atoms with Gasteiger partial charge in [-0.1, -0.05) is 0 Å². The summed E-state index contributed by atoms with van der Waals surface area (Å²) in [7, 11) is 1.33. The third-order valence-electron chi connectivity index (χ3n) is 4.40. The van der Waals surface area contributed by atoms with Crippen molar-refractivity contribution in [3.8, 4) is 11.6 Å². The number of piperazine rings is 1. The zero-order chi connectivity index (χ0) is 19.2. The molecule has 2 aromatic rings. The van der Waals surface area contributed by atoms with Gasteiger partial charge >= 0.3 is 5.97 Å². The van der Waals surface area contributed by atoms with Crippen LogP contribution in [0.3, 0.4) is 0 Å². The molecule has 9 nitrogen and oxygen atoms in total. The molecule has 9 heteroatoms. The first kappa shape index (κ1) is 18.9. The molecule has 1 aliphatic rings. The molecule has 1 aromatic heterocycles. The molecule has 27 heavy (non-hydrogen) atoms. The quantitative estimate of drug-likeness (QED) is 0.708. The van der Waals surface area contributed by atoms with Crippen LogP contribution >= 0.6 is 0 Å². The fourth-order valence-electron chi connectivity index (χ4n) is 2.92. The van der Waals surface area contributed by atoms with E-state index in [1.54, 1.807) is 24.3 Å². The van der Waals surface area contributed by atoms with Crippen molar-refractivity contribution in [3.05, 3.63) is 36.2 Å². The van der Waals surface area contributed by atoms with E-state index >= 15 is 0 Å². The Kier molecular flexibility index (Phi) is 6.05. The molecule has 144 valence electrons. The second kappa shape index (κ2) is 8.65. The zero-order valence-electron chi connectivity index (χ0n) is 15.2. The van der Waals surface area contributed by atoms with E-state index in [9.17, 15) is 4.79 Å². The van der Waals surface area contributed by atoms with Gasteiger partial charge in [0.2, 0.25) is 5.88 Å². The van der Waals surface area contributed by atoms with Gasteiger partial charge in [-0.15, -0.1) is 0 Å². The Morgan fingerprint density at radius 3 is 2.52 bits per heavy atom. The average molecular weight is 373 g/mol. The number of ether oxygens (including phenoxy) is 2. The number of nitrogens with zero attached hydrogens (tertiary/aromatic N) is 4. The van der Waals surface area contributed by atoms with Crippen LogP contribution in [0.25, 0.3) is 0 Å². The summed E-state index contributed by atoms with van der Waals surface area (Å²) in [6.45, 7) is 4.00. The summed E-state index contributed by atoms with van der Waals surface area (Å²) in [4.78, 5) is 24.2. The predicted molar refractivity (Wildman–Crippen MR) is 100 cm³/mol. The van der Waals surface area contributed by atoms with Gasteiger partial charge in [-0.2, -0.15) is 4.98 Å². The van der Waals surface area contributed by atoms with Gasteiger partial charge in [-0.25, -0.2) is 9.78 Å². The third kappa shape index (κ3) is 4.44. The number of methoxy groups -OCH3 is 1. The van der Waals surface area contributed by atoms with Gasteiger partial charge in [-0.3, -0.25) is 4.90 Å². The summed E-state index contributed by atoms with van der Waals surface area (Å²) < 4.78 is 10.4. The SMILES string of the molecule is COC(=O)c1ccc(Oc2ncnc(N3CCN(CCO)CC3)c2N)cc1. The van der Waals surface area contributed by atoms with E-state index < -0.39 is 5.97 Å². The van der Waals surface area contributed by atoms with Crippen LogP contribution in [0.1, 0.15) is 10.4 Å². The van der Waals surface area contributed by atoms with E-state index in [2.05, 4.69) is 24.5 Å². The second-order valence-corrected chi connectivity index (χ2v) is 6.09. The Hall–Kier alpha value is -2.91. The Morgan fingerprint density at radius 2 is 1.89 bits per heavy atom. The first-order valence-corrected chi connectivity index (χ1v) is 8.67. The molecule has 0 spiro atoms. The molecule has 0 unspecified atom stereocenters. The maximum atomic E-state index is 11.5. The van der Waals surface area contributed by atoms with Crippen LogP contribution < -0.4 is 15.4 Å². The minimum atomic E-state index is -0.411. The summed E-state index contributed by atoms with van der Waals surface area (Å²) in [5, 5.41) is 9.05. The predicted octanol–water partition coefficient (Wildman–Crippen LogP) is 0.752. The number of nitrogens with two attached hydrogens (primary N) is 1. The third-order valence-corrected chi connectivity index (χ3v) is 4.40. The highest BCUT2D eigenvalue weighted by Crippen LogP contribution is 2.31. The molecule has 0 aliphatic carbocycles. The summed E-state index contributed by atoms with van der Waals surface area (Å²) in [6.07, 6.45) is 1.42. The highest BCUT2D eigenvalue weighted by Gasteiger charge is 2.21. The van der Waals surface area contributed by atoms with Crippen molar-refractivity contribution in [2.24, 2.45) is 0 Å². The number of aromatic nitrogens is 2. The number of aliphatic hydroxyl groups excluding tert-OH is 1. The maximum absolute atomic E-state index is 11.5. The van der Waals surface area contributed by atoms with Gasteiger partial charge in [0, 0.05) is 32.7 Å². The lowest BCUT2D eigenvalue weighted by molar-refractivity contribution is 0.0600. The maximum Gasteiger partial charge on any atom is 0.337 e. The van der Waals surface area contributed by atoms with E-state index in [0.29, 0.717) is 29.4 Å². The standard InChI is InChI=1S/C18H23N5O4/c1-26-18(25)13-2-4-14(5-3-13)27-17-15(19)16(20-12-21-17)23-8-6-22(7-9-23)10-11-24/h2-5,12,24H,6-11,19H2,1H3. The number of β-amino-alcohol motifs (C(OH)–C–C–N with tert-alkyl or cyclic N) is 1. The lowest BCUT2D eigenvalue weighted by Crippen LogP contribution is -2.47. The van der Waals surface area contributed by atoms with Crippen molar-refractivity contribution < 1.29 is 19.4 Å². The van der Waals surface area contributed by atoms with Gasteiger partial charge in [0.15, 0.2) is 5.82 Å². The fourth-order valence-corrected chi connectivity index (χ4v) is 2.92. The normalized spacial score (nSPS) is 14.8. The minimum Gasteiger partial charge on any atom is -0.465 e. The topological polar surface area (TPSA) is 114 Å². The number of anilines is 2. The van der Waals surface area contributed by atoms with Crippen molar-refractivity contribution >= 4 is 17.5 Å². The molecule has 3 N–H and O–H groups in total. The smallest absolute Gasteiger partial charge is 0.337 e. The number of nitrogen functional groups attached to an aromatic ring is 1. The Balaban J connectivity index is 1.71. The van der Waals surface area contributed by atoms with Crippen molar-refractivity contribution in [2.45, 2.75) is 0 Å². The molecule has 1 aliphatic heterocycles. The van der Waals surface area contributed by atoms with Crippen LogP contribution in [0.2, 0.25) is 0 Å². The van der Waals surface area contributed by atoms with Crippen LogP contribution in [0.15, 0.2) is 30.6 Å². The molecule has 1 aromatic carbocycles. The number of hydrogen-bond acceptors (Lipinski definition) is 9. The first-order chi connectivity index (χ1) is 13.1. The summed E-state index contributed by atoms with van der Waals surface area (Å²) >= 11 is 0. The van der Waals surface area contributed by atoms with Crippen LogP contribution in [-0.4, -0.2) is 72.4 Å². The molecule has 0 saturated carbocycles. The van der Waals surface area contributed by atoms with Gasteiger partial charge in [0.1, 0.15) is 17.8 Å². The molecular weight excluding hydrogens is 350 g/mol. The van der Waals surface area contributed by atoms with E-state index in [-0.39, 0.29) is 12.5 Å². The Morgan fingerprint density at radius 1 is 1.19 bits per heavy atom. The number of aliphatic hydroxyl groups is 1. The fraction of sp³-hybridized carbons (Fsp3) is 0.389. The van der Waals surface area contributed by atoms with Crippen molar-refractivity contribution in [1.29, 1.82) is 0 Å². The Labute approximate surface area is 157 Å². The van der Waals surface area contributed by atoms with Gasteiger partial charge in [0.05, 0.1) is 19.3 Å². The lowest BCUT2D eigenvalue weighted by Gasteiger charge is -2.35. The number of esters is 1. The Bertz CT molecular complexity index is 776. The van der Waals surface area contributed by atoms with Crippen LogP contribution in [0.5, 0.6) is 11.6 Å². The number of hydrogen-bond donors (Lipinski definition) is 2. The number of benzene rings is 1. The van der Waals surface area contributed by atoms with E-state index in [1.165, 1.54) is 13.4 Å². The number of carbonyl (C=O) groups is 1. The van der Waals surface area contributed by atoms with Gasteiger partial charge < -0.3 is 25.2 Å². The van der Waals surface area contributed by atoms with E-state index in [0.717, 1.165) is 26.2 Å². The molecule has 1 saturated heterocycles. The minimum absolute atomic E-state index is 0.155. The molecular formula is C18H23N5O4. The van der Waals surface area contributed by atoms with E-state index in [1.807, 2.05) is 0 Å². The summed E-state index contributed by atoms with van der Waals surface area (Å²) in [6, 6.07) is 6.53. The van der Waals surface area contributed by atoms with Gasteiger partial charge in [-0.05, 0) is 24.3 Å². The monoisotopic (exact) mass is 373 g/mol. The first-order valence-electron chi connectivity index (χ1n) is 8.67. The molecule has 0 amide bonds. The highest BCUT2D eigenvalue weighted by atomic mass is 16.5. The van der Waals surface area contributed by atoms with Crippen molar-refractivity contribution in [3.63, 3.8) is 0 Å². The average Bonchev–Trinajstić information content (AvgIpc) is 2.70. The molecule has 1 fully saturated rings. The molecule has 2 heterocycles. The van der Waals surface area contributed by atoms with Crippen LogP contribution in [0.4, 0.5) is 11.5 Å². The highest BCUT2D eigenvalue weighted by molar-refractivity contribution is 5.89. The zero-order valence-corrected chi connectivity index (χ0v) is 15.2. The molecule has 0 bridgehead atoms. The number of carbonyl (C=O) groups excluding carboxylic acids is 1. The largest absolute Gasteiger partial charge is 0.465 e. The summed E-state index contributed by atoms with van der Waals surface area (Å²) in [5.74, 6) is 0.996. The van der Waals surface area contributed by atoms with Crippen molar-refractivity contribution in [1.82, 2.24) is 14.9 Å². The van der Waals surface area contributed by atoms with E-state index in [4.69, 9.17) is 15.6 Å².